The van der Waals surface area contributed by atoms with Crippen LogP contribution in [0.25, 0.3) is 68.3 Å². The Kier molecular flexibility index (Phi) is 7.70. The van der Waals surface area contributed by atoms with Crippen LogP contribution in [0.4, 0.5) is 0 Å². The van der Waals surface area contributed by atoms with E-state index in [2.05, 4.69) is 26.0 Å². The summed E-state index contributed by atoms with van der Waals surface area (Å²) >= 11 is 0. The van der Waals surface area contributed by atoms with E-state index in [4.69, 9.17) is 24.9 Å². The normalized spacial score (nSPS) is 10.9. The van der Waals surface area contributed by atoms with Gasteiger partial charge in [0, 0.05) is 33.4 Å². The molecule has 0 radical (unpaired) electrons. The van der Waals surface area contributed by atoms with Gasteiger partial charge in [0.05, 0.1) is 11.6 Å². The van der Waals surface area contributed by atoms with E-state index >= 15 is 0 Å². The fourth-order valence-corrected chi connectivity index (χ4v) is 5.13. The molecule has 0 aliphatic heterocycles. The third kappa shape index (κ3) is 6.32. The minimum atomic E-state index is 0.442. The predicted molar refractivity (Wildman–Crippen MR) is 178 cm³/mol. The SMILES string of the molecule is Cc1nc(C)nc(-c2cc(-c3nc(C)nc(-c4ccccc4)n3)cc(-c3nc(-c4ccccc4)nc(-c4ccc(C#N)cc4)n3)c2)n1. The molecular weight excluding hydrogens is 584 g/mol. The Labute approximate surface area is 271 Å². The summed E-state index contributed by atoms with van der Waals surface area (Å²) in [5.74, 6) is 4.80. The van der Waals surface area contributed by atoms with Gasteiger partial charge in [0.2, 0.25) is 0 Å². The maximum absolute atomic E-state index is 9.34. The van der Waals surface area contributed by atoms with E-state index in [0.29, 0.717) is 63.5 Å². The molecule has 3 heterocycles. The Balaban J connectivity index is 1.46. The first-order valence-corrected chi connectivity index (χ1v) is 14.9. The van der Waals surface area contributed by atoms with Crippen LogP contribution in [0, 0.1) is 32.1 Å². The topological polar surface area (TPSA) is 140 Å². The summed E-state index contributed by atoms with van der Waals surface area (Å²) < 4.78 is 0. The van der Waals surface area contributed by atoms with Crippen LogP contribution < -0.4 is 0 Å². The lowest BCUT2D eigenvalue weighted by molar-refractivity contribution is 0.928. The van der Waals surface area contributed by atoms with Crippen molar-refractivity contribution >= 4 is 0 Å². The van der Waals surface area contributed by atoms with Crippen LogP contribution in [-0.4, -0.2) is 44.9 Å². The average Bonchev–Trinajstić information content (AvgIpc) is 3.11. The number of nitriles is 1. The number of aromatic nitrogens is 9. The van der Waals surface area contributed by atoms with Gasteiger partial charge in [-0.1, -0.05) is 60.7 Å². The monoisotopic (exact) mass is 610 g/mol. The molecular formula is C37H26N10. The zero-order chi connectivity index (χ0) is 32.3. The summed E-state index contributed by atoms with van der Waals surface area (Å²) in [4.78, 5) is 42.6. The Hall–Kier alpha value is -6.60. The van der Waals surface area contributed by atoms with Crippen molar-refractivity contribution in [2.75, 3.05) is 0 Å². The quantitative estimate of drug-likeness (QED) is 0.192. The van der Waals surface area contributed by atoms with Crippen LogP contribution >= 0.6 is 0 Å². The maximum atomic E-state index is 9.34. The van der Waals surface area contributed by atoms with E-state index in [1.54, 1.807) is 12.1 Å². The number of benzene rings is 4. The van der Waals surface area contributed by atoms with Gasteiger partial charge >= 0.3 is 0 Å². The lowest BCUT2D eigenvalue weighted by atomic mass is 10.0. The maximum Gasteiger partial charge on any atom is 0.164 e. The molecule has 0 saturated carbocycles. The van der Waals surface area contributed by atoms with Crippen molar-refractivity contribution < 1.29 is 0 Å². The number of hydrogen-bond acceptors (Lipinski definition) is 10. The number of aryl methyl sites for hydroxylation is 3. The smallest absolute Gasteiger partial charge is 0.164 e. The molecule has 0 unspecified atom stereocenters. The van der Waals surface area contributed by atoms with E-state index in [1.165, 1.54) is 0 Å². The molecule has 0 aliphatic rings. The van der Waals surface area contributed by atoms with Crippen molar-refractivity contribution in [2.45, 2.75) is 20.8 Å². The molecule has 3 aromatic heterocycles. The molecule has 0 saturated heterocycles. The van der Waals surface area contributed by atoms with Crippen LogP contribution in [0.2, 0.25) is 0 Å². The fourth-order valence-electron chi connectivity index (χ4n) is 5.13. The highest BCUT2D eigenvalue weighted by molar-refractivity contribution is 5.77. The van der Waals surface area contributed by atoms with E-state index in [9.17, 15) is 5.26 Å². The molecule has 0 amide bonds. The van der Waals surface area contributed by atoms with Gasteiger partial charge in [0.1, 0.15) is 17.5 Å². The molecule has 7 aromatic rings. The third-order valence-electron chi connectivity index (χ3n) is 7.29. The summed E-state index contributed by atoms with van der Waals surface area (Å²) in [5, 5.41) is 9.34. The summed E-state index contributed by atoms with van der Waals surface area (Å²) in [6.07, 6.45) is 0. The molecule has 0 fully saturated rings. The molecule has 0 atom stereocenters. The minimum absolute atomic E-state index is 0.442. The second kappa shape index (κ2) is 12.4. The molecule has 0 spiro atoms. The Morgan fingerprint density at radius 2 is 0.681 bits per heavy atom. The predicted octanol–water partition coefficient (Wildman–Crippen LogP) is 7.04. The van der Waals surface area contributed by atoms with Crippen molar-refractivity contribution in [1.29, 1.82) is 5.26 Å². The largest absolute Gasteiger partial charge is 0.219 e. The van der Waals surface area contributed by atoms with Gasteiger partial charge in [-0.3, -0.25) is 0 Å². The zero-order valence-electron chi connectivity index (χ0n) is 25.8. The van der Waals surface area contributed by atoms with E-state index in [-0.39, 0.29) is 0 Å². The highest BCUT2D eigenvalue weighted by atomic mass is 15.0. The molecule has 0 N–H and O–H groups in total. The average molecular weight is 611 g/mol. The lowest BCUT2D eigenvalue weighted by Gasteiger charge is -2.12. The highest BCUT2D eigenvalue weighted by Gasteiger charge is 2.18. The van der Waals surface area contributed by atoms with Crippen molar-refractivity contribution in [3.63, 3.8) is 0 Å². The van der Waals surface area contributed by atoms with Crippen LogP contribution in [0.5, 0.6) is 0 Å². The summed E-state index contributed by atoms with van der Waals surface area (Å²) in [7, 11) is 0. The molecule has 47 heavy (non-hydrogen) atoms. The summed E-state index contributed by atoms with van der Waals surface area (Å²) in [6, 6.07) is 34.8. The van der Waals surface area contributed by atoms with Gasteiger partial charge in [-0.15, -0.1) is 0 Å². The van der Waals surface area contributed by atoms with Crippen molar-refractivity contribution in [3.05, 3.63) is 126 Å². The molecule has 4 aromatic carbocycles. The second-order valence-electron chi connectivity index (χ2n) is 10.8. The van der Waals surface area contributed by atoms with Gasteiger partial charge in [-0.25, -0.2) is 44.9 Å². The number of hydrogen-bond donors (Lipinski definition) is 0. The lowest BCUT2D eigenvalue weighted by Crippen LogP contribution is -2.03. The van der Waals surface area contributed by atoms with Crippen LogP contribution in [0.3, 0.4) is 0 Å². The zero-order valence-corrected chi connectivity index (χ0v) is 25.8. The Morgan fingerprint density at radius 3 is 1.11 bits per heavy atom. The van der Waals surface area contributed by atoms with Crippen LogP contribution in [0.1, 0.15) is 23.0 Å². The van der Waals surface area contributed by atoms with E-state index < -0.39 is 0 Å². The first-order chi connectivity index (χ1) is 22.9. The summed E-state index contributed by atoms with van der Waals surface area (Å²) in [5.41, 5.74) is 5.18. The van der Waals surface area contributed by atoms with Gasteiger partial charge in [0.25, 0.3) is 0 Å². The van der Waals surface area contributed by atoms with Crippen molar-refractivity contribution in [3.8, 4) is 74.4 Å². The van der Waals surface area contributed by atoms with Gasteiger partial charge in [0.15, 0.2) is 34.9 Å². The second-order valence-corrected chi connectivity index (χ2v) is 10.8. The van der Waals surface area contributed by atoms with Crippen molar-refractivity contribution in [2.24, 2.45) is 0 Å². The fraction of sp³-hybridized carbons (Fsp3) is 0.0811. The molecule has 7 rings (SSSR count). The highest BCUT2D eigenvalue weighted by Crippen LogP contribution is 2.32. The van der Waals surface area contributed by atoms with Gasteiger partial charge in [-0.05, 0) is 63.2 Å². The number of rotatable bonds is 6. The minimum Gasteiger partial charge on any atom is -0.219 e. The van der Waals surface area contributed by atoms with Crippen LogP contribution in [0.15, 0.2) is 103 Å². The standard InChI is InChI=1S/C37H26N10/c1-22-39-23(2)41-35(40-22)29-18-30(36-43-24(3)42-32(44-36)26-10-6-4-7-11-26)20-31(19-29)37-46-33(27-12-8-5-9-13-27)45-34(47-37)28-16-14-25(21-38)15-17-28/h4-20H,1-3H3. The first kappa shape index (κ1) is 29.1. The van der Waals surface area contributed by atoms with Crippen LogP contribution in [-0.2, 0) is 0 Å². The molecule has 10 heteroatoms. The van der Waals surface area contributed by atoms with Crippen molar-refractivity contribution in [1.82, 2.24) is 44.9 Å². The summed E-state index contributed by atoms with van der Waals surface area (Å²) in [6.45, 7) is 5.53. The third-order valence-corrected chi connectivity index (χ3v) is 7.29. The van der Waals surface area contributed by atoms with E-state index in [1.807, 2.05) is 112 Å². The molecule has 0 bridgehead atoms. The van der Waals surface area contributed by atoms with Gasteiger partial charge in [-0.2, -0.15) is 5.26 Å². The Morgan fingerprint density at radius 1 is 0.362 bits per heavy atom. The van der Waals surface area contributed by atoms with Gasteiger partial charge < -0.3 is 0 Å². The number of nitrogens with zero attached hydrogens (tertiary/aromatic N) is 10. The van der Waals surface area contributed by atoms with E-state index in [0.717, 1.165) is 27.8 Å². The first-order valence-electron chi connectivity index (χ1n) is 14.9. The Bertz CT molecular complexity index is 2260. The molecule has 224 valence electrons. The molecule has 10 nitrogen and oxygen atoms in total. The molecule has 0 aliphatic carbocycles.